The van der Waals surface area contributed by atoms with Crippen molar-refractivity contribution in [1.82, 2.24) is 15.0 Å². The molecule has 1 heterocycles. The Morgan fingerprint density at radius 1 is 1.22 bits per heavy atom. The molecule has 4 heteroatoms. The fraction of sp³-hybridized carbons (Fsp3) is 0.429. The van der Waals surface area contributed by atoms with Gasteiger partial charge in [0.25, 0.3) is 0 Å². The fourth-order valence-corrected chi connectivity index (χ4v) is 2.40. The molecule has 1 aromatic heterocycles. The first-order valence-electron chi connectivity index (χ1n) is 6.08. The van der Waals surface area contributed by atoms with E-state index >= 15 is 0 Å². The molecule has 0 spiro atoms. The van der Waals surface area contributed by atoms with Crippen LogP contribution in [0.4, 0.5) is 0 Å². The van der Waals surface area contributed by atoms with Crippen LogP contribution in [0.15, 0.2) is 18.3 Å². The lowest BCUT2D eigenvalue weighted by Crippen LogP contribution is -2.04. The quantitative estimate of drug-likeness (QED) is 0.809. The van der Waals surface area contributed by atoms with Crippen molar-refractivity contribution in [3.63, 3.8) is 0 Å². The molecule has 2 rings (SSSR count). The van der Waals surface area contributed by atoms with E-state index in [2.05, 4.69) is 66.1 Å². The minimum atomic E-state index is 0.242. The smallest absolute Gasteiger partial charge is 0.0960 e. The summed E-state index contributed by atoms with van der Waals surface area (Å²) in [5.41, 5.74) is 6.24. The molecule has 1 atom stereocenters. The molecule has 0 aliphatic carbocycles. The molecule has 0 aliphatic heterocycles. The maximum absolute atomic E-state index is 4.17. The Bertz CT molecular complexity index is 535. The first kappa shape index (κ1) is 13.3. The molecule has 3 nitrogen and oxygen atoms in total. The van der Waals surface area contributed by atoms with Crippen molar-refractivity contribution < 1.29 is 0 Å². The van der Waals surface area contributed by atoms with Gasteiger partial charge in [-0.3, -0.25) is 0 Å². The summed E-state index contributed by atoms with van der Waals surface area (Å²) in [6.07, 6.45) is 2.00. The first-order valence-corrected chi connectivity index (χ1v) is 6.99. The van der Waals surface area contributed by atoms with Gasteiger partial charge >= 0.3 is 0 Å². The van der Waals surface area contributed by atoms with Crippen LogP contribution in [0, 0.1) is 20.8 Å². The van der Waals surface area contributed by atoms with E-state index < -0.39 is 0 Å². The minimum absolute atomic E-state index is 0.242. The topological polar surface area (TPSA) is 30.7 Å². The Kier molecular flexibility index (Phi) is 3.85. The van der Waals surface area contributed by atoms with Gasteiger partial charge in [0, 0.05) is 6.20 Å². The number of hydrogen-bond acceptors (Lipinski definition) is 2. The average molecular weight is 308 g/mol. The first-order chi connectivity index (χ1) is 8.47. The third kappa shape index (κ3) is 2.80. The minimum Gasteiger partial charge on any atom is -0.248 e. The maximum atomic E-state index is 4.17. The lowest BCUT2D eigenvalue weighted by Gasteiger charge is -2.10. The molecule has 0 radical (unpaired) electrons. The highest BCUT2D eigenvalue weighted by Crippen LogP contribution is 2.20. The van der Waals surface area contributed by atoms with Gasteiger partial charge in [0.2, 0.25) is 0 Å². The van der Waals surface area contributed by atoms with Gasteiger partial charge in [-0.15, -0.1) is 5.10 Å². The van der Waals surface area contributed by atoms with Gasteiger partial charge in [0.15, 0.2) is 0 Å². The molecule has 1 unspecified atom stereocenters. The summed E-state index contributed by atoms with van der Waals surface area (Å²) < 4.78 is 1.90. The van der Waals surface area contributed by atoms with Gasteiger partial charge in [-0.2, -0.15) is 0 Å². The summed E-state index contributed by atoms with van der Waals surface area (Å²) in [6.45, 7) is 9.27. The number of aryl methyl sites for hydroxylation is 3. The molecule has 0 saturated carbocycles. The summed E-state index contributed by atoms with van der Waals surface area (Å²) in [5, 5.41) is 8.33. The Balaban J connectivity index is 2.28. The average Bonchev–Trinajstić information content (AvgIpc) is 2.71. The summed E-state index contributed by atoms with van der Waals surface area (Å²) in [6, 6.07) is 4.43. The lowest BCUT2D eigenvalue weighted by atomic mass is 10.00. The van der Waals surface area contributed by atoms with E-state index in [1.54, 1.807) is 0 Å². The van der Waals surface area contributed by atoms with Crippen LogP contribution in [0.25, 0.3) is 0 Å². The van der Waals surface area contributed by atoms with Gasteiger partial charge in [-0.1, -0.05) is 38.8 Å². The fourth-order valence-electron chi connectivity index (χ4n) is 2.19. The summed E-state index contributed by atoms with van der Waals surface area (Å²) in [7, 11) is 0. The largest absolute Gasteiger partial charge is 0.248 e. The number of aromatic nitrogens is 3. The predicted molar refractivity (Wildman–Crippen MR) is 77.1 cm³/mol. The number of halogens is 1. The second kappa shape index (κ2) is 5.22. The Labute approximate surface area is 116 Å². The van der Waals surface area contributed by atoms with E-state index in [0.717, 1.165) is 12.2 Å². The van der Waals surface area contributed by atoms with Crippen LogP contribution >= 0.6 is 15.9 Å². The molecule has 0 amide bonds. The van der Waals surface area contributed by atoms with Crippen molar-refractivity contribution in [2.45, 2.75) is 39.1 Å². The van der Waals surface area contributed by atoms with Gasteiger partial charge < -0.3 is 0 Å². The third-order valence-electron chi connectivity index (χ3n) is 3.12. The van der Waals surface area contributed by atoms with Crippen molar-refractivity contribution in [1.29, 1.82) is 0 Å². The van der Waals surface area contributed by atoms with Gasteiger partial charge in [0.05, 0.1) is 17.1 Å². The van der Waals surface area contributed by atoms with Crippen LogP contribution in [-0.4, -0.2) is 15.0 Å². The molecule has 0 N–H and O–H groups in total. The van der Waals surface area contributed by atoms with Gasteiger partial charge in [-0.25, -0.2) is 4.68 Å². The van der Waals surface area contributed by atoms with Crippen LogP contribution in [-0.2, 0) is 6.54 Å². The number of alkyl halides is 1. The second-order valence-corrected chi connectivity index (χ2v) is 6.21. The lowest BCUT2D eigenvalue weighted by molar-refractivity contribution is 0.644. The van der Waals surface area contributed by atoms with Crippen molar-refractivity contribution in [3.8, 4) is 0 Å². The van der Waals surface area contributed by atoms with E-state index in [0.29, 0.717) is 0 Å². The highest BCUT2D eigenvalue weighted by molar-refractivity contribution is 9.09. The molecular formula is C14H18BrN3. The zero-order valence-corrected chi connectivity index (χ0v) is 12.8. The van der Waals surface area contributed by atoms with Crippen LogP contribution in [0.3, 0.4) is 0 Å². The molecule has 1 aromatic carbocycles. The molecule has 0 bridgehead atoms. The predicted octanol–water partition coefficient (Wildman–Crippen LogP) is 3.71. The molecular weight excluding hydrogens is 290 g/mol. The van der Waals surface area contributed by atoms with E-state index in [1.165, 1.54) is 22.3 Å². The molecule has 96 valence electrons. The van der Waals surface area contributed by atoms with E-state index in [9.17, 15) is 0 Å². The number of benzene rings is 1. The van der Waals surface area contributed by atoms with Crippen molar-refractivity contribution in [2.75, 3.05) is 0 Å². The number of nitrogens with zero attached hydrogens (tertiary/aromatic N) is 3. The van der Waals surface area contributed by atoms with Crippen LogP contribution < -0.4 is 0 Å². The summed E-state index contributed by atoms with van der Waals surface area (Å²) >= 11 is 3.50. The Morgan fingerprint density at radius 3 is 2.33 bits per heavy atom. The van der Waals surface area contributed by atoms with Gasteiger partial charge in [-0.05, 0) is 44.4 Å². The molecule has 18 heavy (non-hydrogen) atoms. The Hall–Kier alpha value is -1.16. The van der Waals surface area contributed by atoms with Crippen LogP contribution in [0.2, 0.25) is 0 Å². The van der Waals surface area contributed by atoms with Crippen molar-refractivity contribution in [2.24, 2.45) is 0 Å². The number of hydrogen-bond donors (Lipinski definition) is 0. The van der Waals surface area contributed by atoms with Crippen molar-refractivity contribution in [3.05, 3.63) is 46.3 Å². The molecule has 0 aliphatic rings. The van der Waals surface area contributed by atoms with Crippen LogP contribution in [0.5, 0.6) is 0 Å². The zero-order valence-electron chi connectivity index (χ0n) is 11.2. The normalized spacial score (nSPS) is 12.7. The van der Waals surface area contributed by atoms with Crippen molar-refractivity contribution >= 4 is 15.9 Å². The highest BCUT2D eigenvalue weighted by atomic mass is 79.9. The van der Waals surface area contributed by atoms with Gasteiger partial charge in [0.1, 0.15) is 0 Å². The molecule has 0 fully saturated rings. The highest BCUT2D eigenvalue weighted by Gasteiger charge is 2.09. The maximum Gasteiger partial charge on any atom is 0.0960 e. The van der Waals surface area contributed by atoms with E-state index in [4.69, 9.17) is 0 Å². The molecule has 2 aromatic rings. The summed E-state index contributed by atoms with van der Waals surface area (Å²) in [4.78, 5) is 0.242. The second-order valence-electron chi connectivity index (χ2n) is 4.83. The zero-order chi connectivity index (χ0) is 13.3. The standard InChI is InChI=1S/C14H18BrN3/c1-9-5-10(2)13(11(3)6-9)7-18-8-14(12(4)15)16-17-18/h5-6,8,12H,7H2,1-4H3. The van der Waals surface area contributed by atoms with Crippen LogP contribution in [0.1, 0.15) is 39.7 Å². The SMILES string of the molecule is Cc1cc(C)c(Cn2cc(C(C)Br)nn2)c(C)c1. The third-order valence-corrected chi connectivity index (χ3v) is 3.59. The molecule has 0 saturated heterocycles. The van der Waals surface area contributed by atoms with E-state index in [-0.39, 0.29) is 4.83 Å². The number of rotatable bonds is 3. The van der Waals surface area contributed by atoms with E-state index in [1.807, 2.05) is 10.9 Å². The monoisotopic (exact) mass is 307 g/mol. The Morgan fingerprint density at radius 2 is 1.83 bits per heavy atom. The summed E-state index contributed by atoms with van der Waals surface area (Å²) in [5.74, 6) is 0.